The van der Waals surface area contributed by atoms with Crippen LogP contribution in [0.4, 0.5) is 5.69 Å². The molecule has 3 rings (SSSR count). The topological polar surface area (TPSA) is 59.4 Å². The van der Waals surface area contributed by atoms with Gasteiger partial charge in [0.15, 0.2) is 0 Å². The highest BCUT2D eigenvalue weighted by Crippen LogP contribution is 2.14. The van der Waals surface area contributed by atoms with Crippen LogP contribution in [-0.4, -0.2) is 47.9 Å². The van der Waals surface area contributed by atoms with E-state index in [4.69, 9.17) is 5.26 Å². The van der Waals surface area contributed by atoms with Gasteiger partial charge in [-0.05, 0) is 30.7 Å². The summed E-state index contributed by atoms with van der Waals surface area (Å²) in [6.07, 6.45) is 0. The van der Waals surface area contributed by atoms with Gasteiger partial charge in [0.1, 0.15) is 0 Å². The van der Waals surface area contributed by atoms with E-state index >= 15 is 0 Å². The average Bonchev–Trinajstić information content (AvgIpc) is 2.69. The number of nitrogens with zero attached hydrogens (tertiary/aromatic N) is 3. The van der Waals surface area contributed by atoms with E-state index < -0.39 is 0 Å². The number of anilines is 1. The summed E-state index contributed by atoms with van der Waals surface area (Å²) in [5.41, 5.74) is 2.54. The van der Waals surface area contributed by atoms with Crippen molar-refractivity contribution in [3.8, 4) is 6.07 Å². The SMILES string of the molecule is C[C@H](C(=O)Nc1cccc(C#N)c1)N1CCN(Cc2ccccc2)CC1. The number of piperazine rings is 1. The zero-order chi connectivity index (χ0) is 18.4. The van der Waals surface area contributed by atoms with Crippen LogP contribution in [-0.2, 0) is 11.3 Å². The van der Waals surface area contributed by atoms with Crippen molar-refractivity contribution in [1.29, 1.82) is 5.26 Å². The van der Waals surface area contributed by atoms with Crippen LogP contribution in [0.3, 0.4) is 0 Å². The minimum absolute atomic E-state index is 0.0309. The van der Waals surface area contributed by atoms with Gasteiger partial charge in [-0.3, -0.25) is 14.6 Å². The van der Waals surface area contributed by atoms with Crippen molar-refractivity contribution in [2.75, 3.05) is 31.5 Å². The Balaban J connectivity index is 1.50. The molecular formula is C21H24N4O. The maximum Gasteiger partial charge on any atom is 0.241 e. The molecule has 0 radical (unpaired) electrons. The molecule has 134 valence electrons. The van der Waals surface area contributed by atoms with E-state index in [2.05, 4.69) is 45.5 Å². The Morgan fingerprint density at radius 3 is 2.54 bits per heavy atom. The largest absolute Gasteiger partial charge is 0.325 e. The van der Waals surface area contributed by atoms with Gasteiger partial charge in [0.05, 0.1) is 17.7 Å². The van der Waals surface area contributed by atoms with E-state index in [0.29, 0.717) is 11.3 Å². The number of amides is 1. The number of benzene rings is 2. The highest BCUT2D eigenvalue weighted by Gasteiger charge is 2.25. The summed E-state index contributed by atoms with van der Waals surface area (Å²) >= 11 is 0. The molecule has 0 aliphatic carbocycles. The molecule has 0 aromatic heterocycles. The molecule has 1 heterocycles. The number of hydrogen-bond acceptors (Lipinski definition) is 4. The molecule has 2 aromatic rings. The summed E-state index contributed by atoms with van der Waals surface area (Å²) in [5.74, 6) is -0.0309. The second-order valence-electron chi connectivity index (χ2n) is 6.66. The fraction of sp³-hybridized carbons (Fsp3) is 0.333. The Kier molecular flexibility index (Phi) is 6.00. The minimum atomic E-state index is -0.195. The Morgan fingerprint density at radius 1 is 1.12 bits per heavy atom. The molecule has 5 nitrogen and oxygen atoms in total. The number of hydrogen-bond donors (Lipinski definition) is 1. The smallest absolute Gasteiger partial charge is 0.241 e. The first-order chi connectivity index (χ1) is 12.7. The maximum atomic E-state index is 12.5. The van der Waals surface area contributed by atoms with E-state index in [1.54, 1.807) is 18.2 Å². The lowest BCUT2D eigenvalue weighted by atomic mass is 10.1. The van der Waals surface area contributed by atoms with Crippen molar-refractivity contribution in [2.45, 2.75) is 19.5 Å². The van der Waals surface area contributed by atoms with E-state index in [9.17, 15) is 4.79 Å². The molecule has 2 aromatic carbocycles. The van der Waals surface area contributed by atoms with E-state index in [0.717, 1.165) is 32.7 Å². The highest BCUT2D eigenvalue weighted by molar-refractivity contribution is 5.94. The number of carbonyl (C=O) groups is 1. The maximum absolute atomic E-state index is 12.5. The minimum Gasteiger partial charge on any atom is -0.325 e. The van der Waals surface area contributed by atoms with Crippen molar-refractivity contribution >= 4 is 11.6 Å². The summed E-state index contributed by atoms with van der Waals surface area (Å²) < 4.78 is 0. The average molecular weight is 348 g/mol. The van der Waals surface area contributed by atoms with Gasteiger partial charge in [-0.15, -0.1) is 0 Å². The first-order valence-electron chi connectivity index (χ1n) is 8.97. The molecule has 1 N–H and O–H groups in total. The van der Waals surface area contributed by atoms with E-state index in [1.807, 2.05) is 19.1 Å². The molecule has 1 fully saturated rings. The summed E-state index contributed by atoms with van der Waals surface area (Å²) in [6.45, 7) is 6.55. The molecular weight excluding hydrogens is 324 g/mol. The zero-order valence-electron chi connectivity index (χ0n) is 15.1. The number of nitrogens with one attached hydrogen (secondary N) is 1. The molecule has 1 atom stereocenters. The van der Waals surface area contributed by atoms with Crippen LogP contribution >= 0.6 is 0 Å². The summed E-state index contributed by atoms with van der Waals surface area (Å²) in [5, 5.41) is 11.9. The second-order valence-corrected chi connectivity index (χ2v) is 6.66. The Bertz CT molecular complexity index is 776. The molecule has 0 spiro atoms. The van der Waals surface area contributed by atoms with Crippen LogP contribution in [0.1, 0.15) is 18.1 Å². The number of rotatable bonds is 5. The first kappa shape index (κ1) is 18.1. The lowest BCUT2D eigenvalue weighted by Gasteiger charge is -2.37. The summed E-state index contributed by atoms with van der Waals surface area (Å²) in [6, 6.07) is 19.4. The lowest BCUT2D eigenvalue weighted by molar-refractivity contribution is -0.121. The molecule has 5 heteroatoms. The second kappa shape index (κ2) is 8.61. The van der Waals surface area contributed by atoms with E-state index in [1.165, 1.54) is 5.56 Å². The van der Waals surface area contributed by atoms with Gasteiger partial charge in [0, 0.05) is 38.4 Å². The molecule has 26 heavy (non-hydrogen) atoms. The monoisotopic (exact) mass is 348 g/mol. The third-order valence-electron chi connectivity index (χ3n) is 4.84. The third-order valence-corrected chi connectivity index (χ3v) is 4.84. The van der Waals surface area contributed by atoms with E-state index in [-0.39, 0.29) is 11.9 Å². The Hall–Kier alpha value is -2.68. The molecule has 1 amide bonds. The summed E-state index contributed by atoms with van der Waals surface area (Å²) in [4.78, 5) is 17.2. The molecule has 0 bridgehead atoms. The van der Waals surface area contributed by atoms with Crippen molar-refractivity contribution in [3.63, 3.8) is 0 Å². The predicted octanol–water partition coefficient (Wildman–Crippen LogP) is 2.70. The highest BCUT2D eigenvalue weighted by atomic mass is 16.2. The van der Waals surface area contributed by atoms with Gasteiger partial charge < -0.3 is 5.32 Å². The lowest BCUT2D eigenvalue weighted by Crippen LogP contribution is -2.52. The molecule has 1 aliphatic rings. The fourth-order valence-electron chi connectivity index (χ4n) is 3.23. The van der Waals surface area contributed by atoms with Crippen molar-refractivity contribution in [1.82, 2.24) is 9.80 Å². The van der Waals surface area contributed by atoms with Crippen molar-refractivity contribution < 1.29 is 4.79 Å². The van der Waals surface area contributed by atoms with Crippen molar-refractivity contribution in [2.24, 2.45) is 0 Å². The zero-order valence-corrected chi connectivity index (χ0v) is 15.1. The summed E-state index contributed by atoms with van der Waals surface area (Å²) in [7, 11) is 0. The van der Waals surface area contributed by atoms with Crippen LogP contribution in [0.25, 0.3) is 0 Å². The number of nitriles is 1. The van der Waals surface area contributed by atoms with Crippen molar-refractivity contribution in [3.05, 3.63) is 65.7 Å². The van der Waals surface area contributed by atoms with Crippen LogP contribution in [0.5, 0.6) is 0 Å². The molecule has 1 saturated heterocycles. The Labute approximate surface area is 154 Å². The molecule has 0 unspecified atom stereocenters. The van der Waals surface area contributed by atoms with Gasteiger partial charge in [0.2, 0.25) is 5.91 Å². The molecule has 1 aliphatic heterocycles. The first-order valence-corrected chi connectivity index (χ1v) is 8.97. The van der Waals surface area contributed by atoms with Crippen LogP contribution < -0.4 is 5.32 Å². The van der Waals surface area contributed by atoms with Gasteiger partial charge in [0.25, 0.3) is 0 Å². The van der Waals surface area contributed by atoms with Crippen LogP contribution in [0.15, 0.2) is 54.6 Å². The molecule has 0 saturated carbocycles. The Morgan fingerprint density at radius 2 is 1.85 bits per heavy atom. The normalized spacial score (nSPS) is 16.6. The van der Waals surface area contributed by atoms with Crippen LogP contribution in [0, 0.1) is 11.3 Å². The van der Waals surface area contributed by atoms with Gasteiger partial charge >= 0.3 is 0 Å². The predicted molar refractivity (Wildman–Crippen MR) is 103 cm³/mol. The number of carbonyl (C=O) groups excluding carboxylic acids is 1. The standard InChI is InChI=1S/C21H24N4O/c1-17(21(26)23-20-9-5-8-19(14-20)15-22)25-12-10-24(11-13-25)16-18-6-3-2-4-7-18/h2-9,14,17H,10-13,16H2,1H3,(H,23,26)/t17-/m1/s1. The van der Waals surface area contributed by atoms with Gasteiger partial charge in [-0.2, -0.15) is 5.26 Å². The third kappa shape index (κ3) is 4.69. The van der Waals surface area contributed by atoms with Gasteiger partial charge in [-0.1, -0.05) is 36.4 Å². The quantitative estimate of drug-likeness (QED) is 0.903. The fourth-order valence-corrected chi connectivity index (χ4v) is 3.23. The van der Waals surface area contributed by atoms with Gasteiger partial charge in [-0.25, -0.2) is 0 Å². The van der Waals surface area contributed by atoms with Crippen LogP contribution in [0.2, 0.25) is 0 Å².